The van der Waals surface area contributed by atoms with E-state index in [1.54, 1.807) is 31.2 Å². The molecule has 5 atom stereocenters. The molecule has 248 valence electrons. The predicted octanol–water partition coefficient (Wildman–Crippen LogP) is 0.801. The highest BCUT2D eigenvalue weighted by atomic mass is 32.2. The second-order valence-corrected chi connectivity index (χ2v) is 13.0. The second-order valence-electron chi connectivity index (χ2n) is 11.7. The number of benzene rings is 1. The number of carbonyl (C=O) groups excluding carboxylic acids is 6. The average molecular weight is 647 g/mol. The fourth-order valence-corrected chi connectivity index (χ4v) is 6.92. The molecule has 0 aromatic heterocycles. The number of fused-ring (bicyclic) bond motifs is 1. The SMILES string of the molecule is CCNC(=O)C(=O)[C@H](Cc1ccc(OC)cc1)NC(=O)[C@H](CC(C)C)NC(=O)CNC(=O)CCCCC1SC[C@@H]2NC(=O)N[C@H]12. The molecule has 1 unspecified atom stereocenters. The van der Waals surface area contributed by atoms with E-state index < -0.39 is 35.6 Å². The summed E-state index contributed by atoms with van der Waals surface area (Å²) in [6, 6.07) is 4.96. The van der Waals surface area contributed by atoms with Crippen LogP contribution in [0.1, 0.15) is 58.4 Å². The fraction of sp³-hybridized carbons (Fsp3) is 0.613. The number of nitrogens with one attached hydrogen (secondary N) is 6. The molecule has 14 heteroatoms. The lowest BCUT2D eigenvalue weighted by atomic mass is 9.99. The molecule has 0 bridgehead atoms. The van der Waals surface area contributed by atoms with Crippen LogP contribution in [0.25, 0.3) is 0 Å². The summed E-state index contributed by atoms with van der Waals surface area (Å²) in [5.41, 5.74) is 0.708. The van der Waals surface area contributed by atoms with Crippen LogP contribution in [0.15, 0.2) is 24.3 Å². The maximum atomic E-state index is 13.4. The number of carbonyl (C=O) groups is 6. The first-order valence-corrected chi connectivity index (χ1v) is 16.6. The van der Waals surface area contributed by atoms with E-state index in [9.17, 15) is 28.8 Å². The molecule has 0 spiro atoms. The Kier molecular flexibility index (Phi) is 14.0. The topological polar surface area (TPSA) is 184 Å². The minimum Gasteiger partial charge on any atom is -0.497 e. The Morgan fingerprint density at radius 3 is 2.38 bits per heavy atom. The summed E-state index contributed by atoms with van der Waals surface area (Å²) in [5.74, 6) is -1.47. The summed E-state index contributed by atoms with van der Waals surface area (Å²) < 4.78 is 5.17. The molecule has 0 saturated carbocycles. The van der Waals surface area contributed by atoms with E-state index in [0.29, 0.717) is 23.0 Å². The van der Waals surface area contributed by atoms with Crippen LogP contribution in [0.2, 0.25) is 0 Å². The summed E-state index contributed by atoms with van der Waals surface area (Å²) in [4.78, 5) is 75.4. The van der Waals surface area contributed by atoms with Crippen molar-refractivity contribution in [3.05, 3.63) is 29.8 Å². The second kappa shape index (κ2) is 17.6. The van der Waals surface area contributed by atoms with Gasteiger partial charge in [0.15, 0.2) is 0 Å². The Bertz CT molecular complexity index is 1210. The Morgan fingerprint density at radius 2 is 1.71 bits per heavy atom. The molecule has 2 saturated heterocycles. The van der Waals surface area contributed by atoms with Crippen molar-refractivity contribution in [1.82, 2.24) is 31.9 Å². The van der Waals surface area contributed by atoms with Crippen molar-refractivity contribution in [2.75, 3.05) is 26.0 Å². The van der Waals surface area contributed by atoms with Crippen molar-refractivity contribution in [2.45, 2.75) is 88.7 Å². The van der Waals surface area contributed by atoms with E-state index >= 15 is 0 Å². The summed E-state index contributed by atoms with van der Waals surface area (Å²) in [5, 5.41) is 16.6. The van der Waals surface area contributed by atoms with Crippen LogP contribution in [-0.2, 0) is 30.4 Å². The van der Waals surface area contributed by atoms with Crippen LogP contribution in [0.4, 0.5) is 4.79 Å². The summed E-state index contributed by atoms with van der Waals surface area (Å²) in [6.07, 6.45) is 2.96. The van der Waals surface area contributed by atoms with Crippen molar-refractivity contribution < 1.29 is 33.5 Å². The third-order valence-corrected chi connectivity index (χ3v) is 9.19. The monoisotopic (exact) mass is 646 g/mol. The van der Waals surface area contributed by atoms with Crippen molar-refractivity contribution in [3.63, 3.8) is 0 Å². The normalized spacial score (nSPS) is 19.8. The summed E-state index contributed by atoms with van der Waals surface area (Å²) in [7, 11) is 1.54. The van der Waals surface area contributed by atoms with Gasteiger partial charge in [0.05, 0.1) is 25.7 Å². The van der Waals surface area contributed by atoms with Crippen LogP contribution in [0, 0.1) is 5.92 Å². The molecule has 45 heavy (non-hydrogen) atoms. The lowest BCUT2D eigenvalue weighted by Gasteiger charge is -2.24. The van der Waals surface area contributed by atoms with E-state index in [1.165, 1.54) is 7.11 Å². The van der Waals surface area contributed by atoms with Gasteiger partial charge in [-0.1, -0.05) is 32.4 Å². The predicted molar refractivity (Wildman–Crippen MR) is 171 cm³/mol. The van der Waals surface area contributed by atoms with Gasteiger partial charge in [0.25, 0.3) is 5.91 Å². The quantitative estimate of drug-likeness (QED) is 0.0769. The van der Waals surface area contributed by atoms with Crippen LogP contribution in [0.3, 0.4) is 0 Å². The van der Waals surface area contributed by atoms with Gasteiger partial charge in [-0.05, 0) is 49.8 Å². The number of Topliss-reactive ketones (excluding diaryl/α,β-unsaturated/α-hetero) is 1. The Balaban J connectivity index is 1.49. The first-order chi connectivity index (χ1) is 21.5. The number of hydrogen-bond acceptors (Lipinski definition) is 8. The van der Waals surface area contributed by atoms with Crippen molar-refractivity contribution in [3.8, 4) is 5.75 Å². The zero-order valence-corrected chi connectivity index (χ0v) is 27.2. The number of amides is 6. The van der Waals surface area contributed by atoms with Gasteiger partial charge in [-0.2, -0.15) is 11.8 Å². The molecular formula is C31H46N6O7S. The Labute approximate surface area is 268 Å². The van der Waals surface area contributed by atoms with E-state index in [4.69, 9.17) is 4.74 Å². The number of unbranched alkanes of at least 4 members (excludes halogenated alkanes) is 1. The molecule has 6 N–H and O–H groups in total. The number of urea groups is 1. The third-order valence-electron chi connectivity index (χ3n) is 7.68. The van der Waals surface area contributed by atoms with Crippen LogP contribution in [0.5, 0.6) is 5.75 Å². The number of thioether (sulfide) groups is 1. The minimum absolute atomic E-state index is 0.0245. The van der Waals surface area contributed by atoms with E-state index in [0.717, 1.165) is 18.6 Å². The molecule has 0 radical (unpaired) electrons. The molecule has 2 aliphatic rings. The standard InChI is InChI=1S/C31H46N6O7S/c1-5-32-30(42)28(40)21(15-19-10-12-20(44-4)13-11-19)35-29(41)22(14-18(2)3)34-26(39)16-33-25(38)9-7-6-8-24-27-23(17-45-24)36-31(43)37-27/h10-13,18,21-24,27H,5-9,14-17H2,1-4H3,(H,32,42)(H,33,38)(H,34,39)(H,35,41)(H2,36,37,43)/t21-,22-,23-,24?,27-/m0/s1. The van der Waals surface area contributed by atoms with Crippen molar-refractivity contribution in [2.24, 2.45) is 5.92 Å². The zero-order chi connectivity index (χ0) is 32.9. The molecule has 6 amide bonds. The van der Waals surface area contributed by atoms with Gasteiger partial charge < -0.3 is 36.6 Å². The Morgan fingerprint density at radius 1 is 0.978 bits per heavy atom. The average Bonchev–Trinajstić information content (AvgIpc) is 3.56. The molecule has 2 heterocycles. The van der Waals surface area contributed by atoms with E-state index in [-0.39, 0.29) is 62.3 Å². The number of ether oxygens (including phenoxy) is 1. The fourth-order valence-electron chi connectivity index (χ4n) is 5.37. The molecule has 0 aliphatic carbocycles. The molecule has 3 rings (SSSR count). The summed E-state index contributed by atoms with van der Waals surface area (Å²) in [6.45, 7) is 5.43. The van der Waals surface area contributed by atoms with E-state index in [1.807, 2.05) is 25.6 Å². The number of ketones is 1. The van der Waals surface area contributed by atoms with Gasteiger partial charge in [-0.15, -0.1) is 0 Å². The summed E-state index contributed by atoms with van der Waals surface area (Å²) >= 11 is 1.82. The maximum Gasteiger partial charge on any atom is 0.315 e. The highest BCUT2D eigenvalue weighted by molar-refractivity contribution is 8.00. The maximum absolute atomic E-state index is 13.4. The molecule has 1 aromatic rings. The van der Waals surface area contributed by atoms with Gasteiger partial charge in [0.2, 0.25) is 23.5 Å². The lowest BCUT2D eigenvalue weighted by Crippen LogP contribution is -2.55. The van der Waals surface area contributed by atoms with Gasteiger partial charge >= 0.3 is 6.03 Å². The highest BCUT2D eigenvalue weighted by Gasteiger charge is 2.42. The molecular weight excluding hydrogens is 600 g/mol. The number of methoxy groups -OCH3 is 1. The lowest BCUT2D eigenvalue weighted by molar-refractivity contribution is -0.140. The van der Waals surface area contributed by atoms with Crippen molar-refractivity contribution in [1.29, 1.82) is 0 Å². The van der Waals surface area contributed by atoms with Crippen molar-refractivity contribution >= 4 is 47.2 Å². The van der Waals surface area contributed by atoms with Gasteiger partial charge in [-0.3, -0.25) is 24.0 Å². The minimum atomic E-state index is -1.15. The molecule has 2 aliphatic heterocycles. The Hall–Kier alpha value is -3.81. The molecule has 13 nitrogen and oxygen atoms in total. The number of hydrogen-bond donors (Lipinski definition) is 6. The van der Waals surface area contributed by atoms with Crippen LogP contribution in [-0.4, -0.2) is 90.8 Å². The molecule has 1 aromatic carbocycles. The largest absolute Gasteiger partial charge is 0.497 e. The van der Waals surface area contributed by atoms with Gasteiger partial charge in [0.1, 0.15) is 17.8 Å². The first kappa shape index (κ1) is 35.7. The van der Waals surface area contributed by atoms with Crippen LogP contribution >= 0.6 is 11.8 Å². The first-order valence-electron chi connectivity index (χ1n) is 15.5. The smallest absolute Gasteiger partial charge is 0.315 e. The van der Waals surface area contributed by atoms with Gasteiger partial charge in [0, 0.05) is 30.4 Å². The zero-order valence-electron chi connectivity index (χ0n) is 26.4. The van der Waals surface area contributed by atoms with Gasteiger partial charge in [-0.25, -0.2) is 4.79 Å². The third kappa shape index (κ3) is 11.2. The van der Waals surface area contributed by atoms with Crippen LogP contribution < -0.4 is 36.6 Å². The number of likely N-dealkylation sites (N-methyl/N-ethyl adjacent to an activating group) is 1. The van der Waals surface area contributed by atoms with E-state index in [2.05, 4.69) is 31.9 Å². The molecule has 2 fully saturated rings. The number of rotatable bonds is 18. The highest BCUT2D eigenvalue weighted by Crippen LogP contribution is 2.33.